The van der Waals surface area contributed by atoms with Crippen molar-refractivity contribution in [3.05, 3.63) is 59.2 Å². The number of phenols is 1. The molecule has 186 valence electrons. The lowest BCUT2D eigenvalue weighted by atomic mass is 10.1. The molecule has 0 bridgehead atoms. The summed E-state index contributed by atoms with van der Waals surface area (Å²) in [7, 11) is 2.98. The van der Waals surface area contributed by atoms with E-state index in [-0.39, 0.29) is 37.1 Å². The maximum Gasteiger partial charge on any atom is 0.416 e. The standard InChI is InChI=1S/C24H29F3N2O5/c1-32-10-9-29(23(31)18-4-3-5-19(13-18)24(25,26)27)16-20-15-28(8-11-34-20)14-17-6-7-21(30)22(12-17)33-2/h3-7,12-13,20,30H,8-11,14-16H2,1-2H3. The number of carbonyl (C=O) groups excluding carboxylic acids is 1. The fourth-order valence-corrected chi connectivity index (χ4v) is 3.85. The number of rotatable bonds is 9. The van der Waals surface area contributed by atoms with E-state index < -0.39 is 17.6 Å². The molecule has 0 radical (unpaired) electrons. The number of amides is 1. The molecular weight excluding hydrogens is 453 g/mol. The fourth-order valence-electron chi connectivity index (χ4n) is 3.85. The van der Waals surface area contributed by atoms with Gasteiger partial charge in [0.2, 0.25) is 0 Å². The second kappa shape index (κ2) is 11.5. The number of benzene rings is 2. The first kappa shape index (κ1) is 25.8. The van der Waals surface area contributed by atoms with Crippen LogP contribution in [0.2, 0.25) is 0 Å². The number of methoxy groups -OCH3 is 2. The predicted molar refractivity (Wildman–Crippen MR) is 119 cm³/mol. The van der Waals surface area contributed by atoms with Gasteiger partial charge in [-0.2, -0.15) is 13.2 Å². The van der Waals surface area contributed by atoms with Gasteiger partial charge >= 0.3 is 6.18 Å². The van der Waals surface area contributed by atoms with Crippen LogP contribution in [0.25, 0.3) is 0 Å². The summed E-state index contributed by atoms with van der Waals surface area (Å²) < 4.78 is 55.4. The average Bonchev–Trinajstić information content (AvgIpc) is 2.82. The molecule has 1 fully saturated rings. The summed E-state index contributed by atoms with van der Waals surface area (Å²) in [5.41, 5.74) is 0.0517. The van der Waals surface area contributed by atoms with Crippen molar-refractivity contribution in [2.45, 2.75) is 18.8 Å². The van der Waals surface area contributed by atoms with Crippen molar-refractivity contribution in [3.63, 3.8) is 0 Å². The quantitative estimate of drug-likeness (QED) is 0.591. The molecule has 1 saturated heterocycles. The molecule has 3 rings (SSSR count). The lowest BCUT2D eigenvalue weighted by Gasteiger charge is -2.36. The van der Waals surface area contributed by atoms with Crippen molar-refractivity contribution in [2.24, 2.45) is 0 Å². The zero-order valence-corrected chi connectivity index (χ0v) is 19.2. The highest BCUT2D eigenvalue weighted by atomic mass is 19.4. The summed E-state index contributed by atoms with van der Waals surface area (Å²) in [6.07, 6.45) is -4.85. The molecule has 0 spiro atoms. The summed E-state index contributed by atoms with van der Waals surface area (Å²) in [6, 6.07) is 9.57. The molecule has 1 heterocycles. The van der Waals surface area contributed by atoms with Crippen LogP contribution in [0.4, 0.5) is 13.2 Å². The van der Waals surface area contributed by atoms with Gasteiger partial charge in [0, 0.05) is 45.4 Å². The molecule has 34 heavy (non-hydrogen) atoms. The predicted octanol–water partition coefficient (Wildman–Crippen LogP) is 3.41. The van der Waals surface area contributed by atoms with E-state index in [1.54, 1.807) is 12.1 Å². The van der Waals surface area contributed by atoms with Crippen LogP contribution in [-0.2, 0) is 22.2 Å². The van der Waals surface area contributed by atoms with Crippen LogP contribution >= 0.6 is 0 Å². The van der Waals surface area contributed by atoms with Gasteiger partial charge in [-0.05, 0) is 35.9 Å². The topological polar surface area (TPSA) is 71.5 Å². The number of nitrogens with zero attached hydrogens (tertiary/aromatic N) is 2. The van der Waals surface area contributed by atoms with Crippen molar-refractivity contribution in [2.75, 3.05) is 53.6 Å². The van der Waals surface area contributed by atoms with E-state index in [0.717, 1.165) is 17.7 Å². The Kier molecular flexibility index (Phi) is 8.76. The molecule has 10 heteroatoms. The Bertz CT molecular complexity index is 970. The second-order valence-electron chi connectivity index (χ2n) is 8.06. The van der Waals surface area contributed by atoms with Crippen LogP contribution in [0.5, 0.6) is 11.5 Å². The molecule has 7 nitrogen and oxygen atoms in total. The van der Waals surface area contributed by atoms with Gasteiger partial charge in [0.05, 0.1) is 32.0 Å². The van der Waals surface area contributed by atoms with E-state index in [4.69, 9.17) is 14.2 Å². The molecule has 0 aromatic heterocycles. The normalized spacial score (nSPS) is 16.9. The highest BCUT2D eigenvalue weighted by Crippen LogP contribution is 2.30. The van der Waals surface area contributed by atoms with E-state index >= 15 is 0 Å². The van der Waals surface area contributed by atoms with Crippen molar-refractivity contribution in [1.29, 1.82) is 0 Å². The number of ether oxygens (including phenoxy) is 3. The molecular formula is C24H29F3N2O5. The number of halogens is 3. The van der Waals surface area contributed by atoms with Gasteiger partial charge in [-0.15, -0.1) is 0 Å². The van der Waals surface area contributed by atoms with Crippen molar-refractivity contribution >= 4 is 5.91 Å². The fraction of sp³-hybridized carbons (Fsp3) is 0.458. The lowest BCUT2D eigenvalue weighted by Crippen LogP contribution is -2.49. The molecule has 2 aromatic carbocycles. The van der Waals surface area contributed by atoms with E-state index in [9.17, 15) is 23.1 Å². The largest absolute Gasteiger partial charge is 0.504 e. The van der Waals surface area contributed by atoms with Gasteiger partial charge in [0.15, 0.2) is 11.5 Å². The lowest BCUT2D eigenvalue weighted by molar-refractivity contribution is -0.137. The van der Waals surface area contributed by atoms with E-state index in [0.29, 0.717) is 32.0 Å². The minimum Gasteiger partial charge on any atom is -0.504 e. The summed E-state index contributed by atoms with van der Waals surface area (Å²) in [5, 5.41) is 9.79. The van der Waals surface area contributed by atoms with Crippen LogP contribution in [-0.4, -0.2) is 80.5 Å². The molecule has 0 aliphatic carbocycles. The third-order valence-corrected chi connectivity index (χ3v) is 5.59. The number of carbonyl (C=O) groups is 1. The van der Waals surface area contributed by atoms with E-state index in [2.05, 4.69) is 4.90 Å². The van der Waals surface area contributed by atoms with Gasteiger partial charge < -0.3 is 24.2 Å². The minimum atomic E-state index is -4.53. The number of aromatic hydroxyl groups is 1. The Labute approximate surface area is 196 Å². The number of hydrogen-bond donors (Lipinski definition) is 1. The maximum absolute atomic E-state index is 13.1. The average molecular weight is 482 g/mol. The summed E-state index contributed by atoms with van der Waals surface area (Å²) in [4.78, 5) is 16.7. The first-order chi connectivity index (χ1) is 16.2. The number of alkyl halides is 3. The molecule has 1 N–H and O–H groups in total. The molecule has 1 aliphatic heterocycles. The van der Waals surface area contributed by atoms with Crippen LogP contribution in [0.15, 0.2) is 42.5 Å². The van der Waals surface area contributed by atoms with Crippen molar-refractivity contribution in [1.82, 2.24) is 9.80 Å². The van der Waals surface area contributed by atoms with Gasteiger partial charge in [-0.1, -0.05) is 12.1 Å². The molecule has 2 aromatic rings. The third kappa shape index (κ3) is 6.85. The Morgan fingerprint density at radius 2 is 2.03 bits per heavy atom. The summed E-state index contributed by atoms with van der Waals surface area (Å²) >= 11 is 0. The van der Waals surface area contributed by atoms with Gasteiger partial charge in [0.25, 0.3) is 5.91 Å². The highest BCUT2D eigenvalue weighted by molar-refractivity contribution is 5.94. The SMILES string of the molecule is COCCN(CC1CN(Cc2ccc(O)c(OC)c2)CCO1)C(=O)c1cccc(C(F)(F)F)c1. The maximum atomic E-state index is 13.1. The van der Waals surface area contributed by atoms with Crippen LogP contribution in [0.1, 0.15) is 21.5 Å². The van der Waals surface area contributed by atoms with Crippen molar-refractivity contribution < 1.29 is 37.3 Å². The minimum absolute atomic E-state index is 0.0326. The third-order valence-electron chi connectivity index (χ3n) is 5.59. The monoisotopic (exact) mass is 482 g/mol. The van der Waals surface area contributed by atoms with Crippen LogP contribution in [0.3, 0.4) is 0 Å². The van der Waals surface area contributed by atoms with Crippen LogP contribution < -0.4 is 4.74 Å². The summed E-state index contributed by atoms with van der Waals surface area (Å²) in [5.74, 6) is -0.0557. The number of phenolic OH excluding ortho intramolecular Hbond substituents is 1. The number of hydrogen-bond acceptors (Lipinski definition) is 6. The zero-order valence-electron chi connectivity index (χ0n) is 19.2. The molecule has 1 unspecified atom stereocenters. The molecule has 1 aliphatic rings. The molecule has 1 amide bonds. The Hall–Kier alpha value is -2.82. The van der Waals surface area contributed by atoms with Gasteiger partial charge in [0.1, 0.15) is 0 Å². The Morgan fingerprint density at radius 1 is 1.24 bits per heavy atom. The molecule has 0 saturated carbocycles. The van der Waals surface area contributed by atoms with Crippen molar-refractivity contribution in [3.8, 4) is 11.5 Å². The first-order valence-corrected chi connectivity index (χ1v) is 10.9. The second-order valence-corrected chi connectivity index (χ2v) is 8.06. The van der Waals surface area contributed by atoms with E-state index in [1.807, 2.05) is 6.07 Å². The first-order valence-electron chi connectivity index (χ1n) is 10.9. The van der Waals surface area contributed by atoms with Crippen LogP contribution in [0, 0.1) is 0 Å². The highest BCUT2D eigenvalue weighted by Gasteiger charge is 2.32. The molecule has 1 atom stereocenters. The summed E-state index contributed by atoms with van der Waals surface area (Å²) in [6.45, 7) is 2.94. The Morgan fingerprint density at radius 3 is 2.74 bits per heavy atom. The number of morpholine rings is 1. The zero-order chi connectivity index (χ0) is 24.7. The Balaban J connectivity index is 1.69. The smallest absolute Gasteiger partial charge is 0.416 e. The van der Waals surface area contributed by atoms with E-state index in [1.165, 1.54) is 31.3 Å². The van der Waals surface area contributed by atoms with Gasteiger partial charge in [-0.3, -0.25) is 9.69 Å². The van der Waals surface area contributed by atoms with Gasteiger partial charge in [-0.25, -0.2) is 0 Å².